The van der Waals surface area contributed by atoms with Crippen molar-refractivity contribution in [3.63, 3.8) is 0 Å². The number of hydrogen-bond donors (Lipinski definition) is 4. The molecule has 1 aliphatic rings. The largest absolute Gasteiger partial charge is 0.393 e. The standard InChI is InChI=1S/C11H11N5O6/c1-2-10(21)7(19)11(5-17,14-15-12)22-8(10)16-4-3-6(18)13-9(16)20/h1,3-4,7-8,17,19,21H,5H2,(H,13,18,20)/t7-,8+,10-,11+/m0/s1. The quantitative estimate of drug-likeness (QED) is 0.213. The van der Waals surface area contributed by atoms with Crippen LogP contribution in [0.25, 0.3) is 10.4 Å². The minimum atomic E-state index is -2.49. The average Bonchev–Trinajstić information content (AvgIpc) is 2.71. The summed E-state index contributed by atoms with van der Waals surface area (Å²) in [4.78, 5) is 27.2. The van der Waals surface area contributed by atoms with E-state index in [1.807, 2.05) is 10.9 Å². The zero-order valence-corrected chi connectivity index (χ0v) is 10.9. The molecule has 1 aliphatic heterocycles. The first kappa shape index (κ1) is 15.8. The number of azide groups is 1. The fourth-order valence-electron chi connectivity index (χ4n) is 2.17. The molecular formula is C11H11N5O6. The van der Waals surface area contributed by atoms with E-state index in [-0.39, 0.29) is 0 Å². The topological polar surface area (TPSA) is 174 Å². The van der Waals surface area contributed by atoms with Gasteiger partial charge in [0.1, 0.15) is 6.10 Å². The van der Waals surface area contributed by atoms with Crippen molar-refractivity contribution in [2.24, 2.45) is 5.11 Å². The summed E-state index contributed by atoms with van der Waals surface area (Å²) in [5.41, 5.74) is 2.09. The summed E-state index contributed by atoms with van der Waals surface area (Å²) in [5.74, 6) is 1.86. The summed E-state index contributed by atoms with van der Waals surface area (Å²) < 4.78 is 5.90. The van der Waals surface area contributed by atoms with Crippen molar-refractivity contribution in [3.8, 4) is 12.3 Å². The van der Waals surface area contributed by atoms with E-state index in [0.717, 1.165) is 12.3 Å². The van der Waals surface area contributed by atoms with Crippen LogP contribution in [-0.2, 0) is 4.74 Å². The highest BCUT2D eigenvalue weighted by molar-refractivity contribution is 5.22. The molecule has 0 saturated carbocycles. The molecule has 22 heavy (non-hydrogen) atoms. The van der Waals surface area contributed by atoms with E-state index in [1.54, 1.807) is 0 Å². The van der Waals surface area contributed by atoms with Gasteiger partial charge in [-0.25, -0.2) is 4.79 Å². The lowest BCUT2D eigenvalue weighted by molar-refractivity contribution is -0.126. The Morgan fingerprint density at radius 2 is 2.32 bits per heavy atom. The summed E-state index contributed by atoms with van der Waals surface area (Å²) in [7, 11) is 0. The van der Waals surface area contributed by atoms with Gasteiger partial charge in [0, 0.05) is 17.2 Å². The average molecular weight is 309 g/mol. The Balaban J connectivity index is 2.66. The third-order valence-electron chi connectivity index (χ3n) is 3.31. The Bertz CT molecular complexity index is 789. The number of nitrogens with one attached hydrogen (secondary N) is 1. The van der Waals surface area contributed by atoms with Gasteiger partial charge in [-0.15, -0.1) is 6.42 Å². The van der Waals surface area contributed by atoms with Crippen LogP contribution in [0.1, 0.15) is 6.23 Å². The highest BCUT2D eigenvalue weighted by Gasteiger charge is 2.63. The van der Waals surface area contributed by atoms with Gasteiger partial charge in [0.05, 0.1) is 6.61 Å². The molecule has 1 aromatic rings. The first-order valence-corrected chi connectivity index (χ1v) is 5.89. The first-order valence-electron chi connectivity index (χ1n) is 5.89. The Hall–Kier alpha value is -2.61. The van der Waals surface area contributed by atoms with Gasteiger partial charge in [-0.3, -0.25) is 14.3 Å². The number of aromatic nitrogens is 2. The van der Waals surface area contributed by atoms with Crippen molar-refractivity contribution in [3.05, 3.63) is 43.5 Å². The molecule has 0 radical (unpaired) electrons. The molecule has 11 heteroatoms. The van der Waals surface area contributed by atoms with Crippen molar-refractivity contribution in [2.75, 3.05) is 6.61 Å². The molecule has 2 rings (SSSR count). The predicted octanol–water partition coefficient (Wildman–Crippen LogP) is -2.21. The van der Waals surface area contributed by atoms with E-state index in [1.165, 1.54) is 0 Å². The summed E-state index contributed by atoms with van der Waals surface area (Å²) in [6.45, 7) is -1.00. The second kappa shape index (κ2) is 5.30. The summed E-state index contributed by atoms with van der Waals surface area (Å²) in [6, 6.07) is 0.959. The van der Waals surface area contributed by atoms with Gasteiger partial charge in [0.15, 0.2) is 11.8 Å². The zero-order valence-electron chi connectivity index (χ0n) is 10.9. The molecule has 1 fully saturated rings. The van der Waals surface area contributed by atoms with E-state index >= 15 is 0 Å². The number of nitrogens with zero attached hydrogens (tertiary/aromatic N) is 4. The van der Waals surface area contributed by atoms with E-state index < -0.39 is 41.5 Å². The van der Waals surface area contributed by atoms with Gasteiger partial charge < -0.3 is 20.1 Å². The lowest BCUT2D eigenvalue weighted by Crippen LogP contribution is -2.51. The third kappa shape index (κ3) is 2.08. The summed E-state index contributed by atoms with van der Waals surface area (Å²) in [6.07, 6.45) is 2.45. The number of hydrogen-bond acceptors (Lipinski definition) is 7. The fourth-order valence-corrected chi connectivity index (χ4v) is 2.17. The molecule has 1 saturated heterocycles. The van der Waals surface area contributed by atoms with E-state index in [0.29, 0.717) is 4.57 Å². The zero-order chi connectivity index (χ0) is 16.5. The minimum Gasteiger partial charge on any atom is -0.393 e. The fraction of sp³-hybridized carbons (Fsp3) is 0.455. The Morgan fingerprint density at radius 1 is 1.64 bits per heavy atom. The maximum atomic E-state index is 11.8. The van der Waals surface area contributed by atoms with Gasteiger partial charge in [-0.2, -0.15) is 0 Å². The lowest BCUT2D eigenvalue weighted by atomic mass is 9.92. The molecule has 0 unspecified atom stereocenters. The smallest absolute Gasteiger partial charge is 0.330 e. The van der Waals surface area contributed by atoms with Crippen LogP contribution < -0.4 is 11.2 Å². The third-order valence-corrected chi connectivity index (χ3v) is 3.31. The van der Waals surface area contributed by atoms with E-state index in [9.17, 15) is 24.9 Å². The SMILES string of the molecule is C#C[C@@]1(O)[C@H](n2ccc(=O)[nH]c2=O)O[C@@](CO)(N=[N+]=[N-])[C@H]1O. The van der Waals surface area contributed by atoms with Crippen LogP contribution in [0.5, 0.6) is 0 Å². The number of terminal acetylenes is 1. The molecule has 2 heterocycles. The highest BCUT2D eigenvalue weighted by Crippen LogP contribution is 2.44. The molecule has 4 N–H and O–H groups in total. The predicted molar refractivity (Wildman–Crippen MR) is 70.2 cm³/mol. The summed E-state index contributed by atoms with van der Waals surface area (Å²) >= 11 is 0. The monoisotopic (exact) mass is 309 g/mol. The second-order valence-corrected chi connectivity index (χ2v) is 4.55. The van der Waals surface area contributed by atoms with Crippen molar-refractivity contribution >= 4 is 0 Å². The number of ether oxygens (including phenoxy) is 1. The highest BCUT2D eigenvalue weighted by atomic mass is 16.6. The molecule has 11 nitrogen and oxygen atoms in total. The van der Waals surface area contributed by atoms with Crippen molar-refractivity contribution in [1.29, 1.82) is 0 Å². The molecule has 0 aromatic carbocycles. The molecule has 1 aromatic heterocycles. The number of aliphatic hydroxyl groups is 3. The Morgan fingerprint density at radius 3 is 2.82 bits per heavy atom. The van der Waals surface area contributed by atoms with Crippen LogP contribution in [0.15, 0.2) is 27.0 Å². The molecule has 4 atom stereocenters. The van der Waals surface area contributed by atoms with Crippen molar-refractivity contribution in [1.82, 2.24) is 9.55 Å². The van der Waals surface area contributed by atoms with Gasteiger partial charge >= 0.3 is 5.69 Å². The maximum absolute atomic E-state index is 11.8. The Kier molecular flexibility index (Phi) is 3.80. The normalized spacial score (nSPS) is 33.9. The lowest BCUT2D eigenvalue weighted by Gasteiger charge is -2.27. The van der Waals surface area contributed by atoms with Crippen LogP contribution in [0.4, 0.5) is 0 Å². The van der Waals surface area contributed by atoms with Gasteiger partial charge in [0.2, 0.25) is 5.72 Å². The Labute approximate surface area is 122 Å². The van der Waals surface area contributed by atoms with Crippen molar-refractivity contribution in [2.45, 2.75) is 23.7 Å². The molecule has 0 spiro atoms. The van der Waals surface area contributed by atoms with E-state index in [4.69, 9.17) is 16.7 Å². The van der Waals surface area contributed by atoms with Crippen LogP contribution in [0, 0.1) is 12.3 Å². The van der Waals surface area contributed by atoms with Crippen molar-refractivity contribution < 1.29 is 20.1 Å². The molecule has 0 amide bonds. The van der Waals surface area contributed by atoms with Crippen LogP contribution in [0.3, 0.4) is 0 Å². The second-order valence-electron chi connectivity index (χ2n) is 4.55. The number of rotatable bonds is 3. The van der Waals surface area contributed by atoms with Gasteiger partial charge in [-0.1, -0.05) is 11.0 Å². The summed E-state index contributed by atoms with van der Waals surface area (Å²) in [5, 5.41) is 33.0. The van der Waals surface area contributed by atoms with Crippen LogP contribution >= 0.6 is 0 Å². The van der Waals surface area contributed by atoms with Gasteiger partial charge in [-0.05, 0) is 5.53 Å². The maximum Gasteiger partial charge on any atom is 0.330 e. The van der Waals surface area contributed by atoms with Crippen LogP contribution in [0.2, 0.25) is 0 Å². The molecule has 0 aliphatic carbocycles. The van der Waals surface area contributed by atoms with Gasteiger partial charge in [0.25, 0.3) is 5.56 Å². The number of aliphatic hydroxyl groups excluding tert-OH is 2. The minimum absolute atomic E-state index is 0.701. The number of H-pyrrole nitrogens is 1. The molecule has 0 bridgehead atoms. The number of aromatic amines is 1. The first-order chi connectivity index (χ1) is 10.3. The van der Waals surface area contributed by atoms with Crippen LogP contribution in [-0.4, -0.2) is 48.9 Å². The van der Waals surface area contributed by atoms with E-state index in [2.05, 4.69) is 10.0 Å². The molecular weight excluding hydrogens is 298 g/mol. The molecule has 116 valence electrons.